The van der Waals surface area contributed by atoms with Crippen molar-refractivity contribution < 1.29 is 4.74 Å². The summed E-state index contributed by atoms with van der Waals surface area (Å²) in [6.45, 7) is 3.03. The minimum absolute atomic E-state index is 0.698. The fraction of sp³-hybridized carbons (Fsp3) is 0.333. The Balaban J connectivity index is 1.72. The first-order valence-corrected chi connectivity index (χ1v) is 6.10. The highest BCUT2D eigenvalue weighted by Gasteiger charge is 2.16. The summed E-state index contributed by atoms with van der Waals surface area (Å²) in [6.07, 6.45) is 0. The summed E-state index contributed by atoms with van der Waals surface area (Å²) in [7, 11) is 0. The van der Waals surface area contributed by atoms with E-state index < -0.39 is 0 Å². The predicted molar refractivity (Wildman–Crippen MR) is 63.7 cm³/mol. The number of ether oxygens (including phenoxy) is 1. The van der Waals surface area contributed by atoms with Gasteiger partial charge in [0.2, 0.25) is 0 Å². The molecule has 78 valence electrons. The maximum Gasteiger partial charge on any atom is 0.120 e. The molecular formula is C12H13NOS. The van der Waals surface area contributed by atoms with Gasteiger partial charge in [0.1, 0.15) is 5.75 Å². The van der Waals surface area contributed by atoms with Gasteiger partial charge in [0.25, 0.3) is 0 Å². The van der Waals surface area contributed by atoms with Crippen LogP contribution in [-0.4, -0.2) is 19.7 Å². The molecular weight excluding hydrogens is 206 g/mol. The van der Waals surface area contributed by atoms with Gasteiger partial charge < -0.3 is 10.1 Å². The van der Waals surface area contributed by atoms with Crippen molar-refractivity contribution in [1.82, 2.24) is 5.32 Å². The Bertz CT molecular complexity index is 461. The summed E-state index contributed by atoms with van der Waals surface area (Å²) in [6, 6.07) is 8.45. The summed E-state index contributed by atoms with van der Waals surface area (Å²) in [5.74, 6) is 1.70. The third-order valence-electron chi connectivity index (χ3n) is 2.78. The highest BCUT2D eigenvalue weighted by atomic mass is 32.1. The lowest BCUT2D eigenvalue weighted by atomic mass is 10.1. The van der Waals surface area contributed by atoms with Gasteiger partial charge in [-0.15, -0.1) is 11.3 Å². The second-order valence-corrected chi connectivity index (χ2v) is 4.90. The number of rotatable bonds is 3. The van der Waals surface area contributed by atoms with E-state index in [0.717, 1.165) is 25.4 Å². The van der Waals surface area contributed by atoms with E-state index in [2.05, 4.69) is 35.0 Å². The van der Waals surface area contributed by atoms with Gasteiger partial charge in [-0.05, 0) is 35.0 Å². The number of benzene rings is 1. The quantitative estimate of drug-likeness (QED) is 0.856. The molecule has 0 saturated carbocycles. The van der Waals surface area contributed by atoms with Crippen molar-refractivity contribution in [2.45, 2.75) is 0 Å². The maximum atomic E-state index is 5.75. The lowest BCUT2D eigenvalue weighted by molar-refractivity contribution is 0.199. The van der Waals surface area contributed by atoms with E-state index >= 15 is 0 Å². The molecule has 1 aromatic heterocycles. The lowest BCUT2D eigenvalue weighted by Crippen LogP contribution is -2.45. The Morgan fingerprint density at radius 1 is 1.33 bits per heavy atom. The van der Waals surface area contributed by atoms with Crippen LogP contribution in [0, 0.1) is 5.92 Å². The summed E-state index contributed by atoms with van der Waals surface area (Å²) in [5, 5.41) is 6.66. The van der Waals surface area contributed by atoms with Crippen LogP contribution in [0.3, 0.4) is 0 Å². The van der Waals surface area contributed by atoms with Gasteiger partial charge in [0.05, 0.1) is 6.61 Å². The van der Waals surface area contributed by atoms with Crippen LogP contribution in [0.5, 0.6) is 5.75 Å². The average molecular weight is 219 g/mol. The van der Waals surface area contributed by atoms with Gasteiger partial charge in [-0.3, -0.25) is 0 Å². The average Bonchev–Trinajstić information content (AvgIpc) is 2.62. The first kappa shape index (κ1) is 9.19. The van der Waals surface area contributed by atoms with Gasteiger partial charge in [-0.2, -0.15) is 0 Å². The van der Waals surface area contributed by atoms with Crippen molar-refractivity contribution in [2.24, 2.45) is 5.92 Å². The molecule has 15 heavy (non-hydrogen) atoms. The smallest absolute Gasteiger partial charge is 0.120 e. The molecule has 0 amide bonds. The molecule has 0 bridgehead atoms. The first-order valence-electron chi connectivity index (χ1n) is 5.22. The van der Waals surface area contributed by atoms with Crippen molar-refractivity contribution in [3.05, 3.63) is 29.6 Å². The molecule has 0 aliphatic carbocycles. The van der Waals surface area contributed by atoms with Crippen molar-refractivity contribution >= 4 is 21.4 Å². The van der Waals surface area contributed by atoms with Crippen LogP contribution in [0.15, 0.2) is 29.6 Å². The predicted octanol–water partition coefficient (Wildman–Crippen LogP) is 2.50. The molecule has 1 saturated heterocycles. The van der Waals surface area contributed by atoms with Gasteiger partial charge >= 0.3 is 0 Å². The minimum Gasteiger partial charge on any atom is -0.493 e. The Hall–Kier alpha value is -1.06. The molecule has 0 atom stereocenters. The molecule has 0 spiro atoms. The summed E-state index contributed by atoms with van der Waals surface area (Å²) < 4.78 is 7.06. The molecule has 3 heteroatoms. The molecule has 1 aromatic carbocycles. The SMILES string of the molecule is c1cc2ccc(OCC3CNC3)cc2s1. The number of nitrogens with one attached hydrogen (secondary N) is 1. The third-order valence-corrected chi connectivity index (χ3v) is 3.66. The lowest BCUT2D eigenvalue weighted by Gasteiger charge is -2.26. The van der Waals surface area contributed by atoms with Crippen LogP contribution >= 0.6 is 11.3 Å². The van der Waals surface area contributed by atoms with Crippen molar-refractivity contribution in [2.75, 3.05) is 19.7 Å². The summed E-state index contributed by atoms with van der Waals surface area (Å²) in [5.41, 5.74) is 0. The second-order valence-electron chi connectivity index (χ2n) is 3.96. The molecule has 1 fully saturated rings. The number of fused-ring (bicyclic) bond motifs is 1. The second kappa shape index (κ2) is 3.83. The summed E-state index contributed by atoms with van der Waals surface area (Å²) >= 11 is 1.76. The Morgan fingerprint density at radius 3 is 3.07 bits per heavy atom. The number of hydrogen-bond acceptors (Lipinski definition) is 3. The maximum absolute atomic E-state index is 5.75. The highest BCUT2D eigenvalue weighted by Crippen LogP contribution is 2.25. The molecule has 2 nitrogen and oxygen atoms in total. The fourth-order valence-corrected chi connectivity index (χ4v) is 2.52. The van der Waals surface area contributed by atoms with E-state index in [0.29, 0.717) is 5.92 Å². The van der Waals surface area contributed by atoms with Crippen molar-refractivity contribution in [1.29, 1.82) is 0 Å². The molecule has 3 rings (SSSR count). The van der Waals surface area contributed by atoms with Crippen molar-refractivity contribution in [3.8, 4) is 5.75 Å². The van der Waals surface area contributed by atoms with Crippen LogP contribution in [0.2, 0.25) is 0 Å². The van der Waals surface area contributed by atoms with E-state index in [4.69, 9.17) is 4.74 Å². The third kappa shape index (κ3) is 1.85. The van der Waals surface area contributed by atoms with E-state index in [9.17, 15) is 0 Å². The van der Waals surface area contributed by atoms with E-state index in [1.165, 1.54) is 10.1 Å². The van der Waals surface area contributed by atoms with Gasteiger partial charge in [0.15, 0.2) is 0 Å². The van der Waals surface area contributed by atoms with Crippen molar-refractivity contribution in [3.63, 3.8) is 0 Å². The highest BCUT2D eigenvalue weighted by molar-refractivity contribution is 7.17. The minimum atomic E-state index is 0.698. The van der Waals surface area contributed by atoms with Crippen LogP contribution in [0.25, 0.3) is 10.1 Å². The van der Waals surface area contributed by atoms with E-state index in [1.807, 2.05) is 0 Å². The van der Waals surface area contributed by atoms with Gasteiger partial charge in [-0.1, -0.05) is 0 Å². The zero-order valence-electron chi connectivity index (χ0n) is 8.40. The van der Waals surface area contributed by atoms with Crippen LogP contribution in [-0.2, 0) is 0 Å². The van der Waals surface area contributed by atoms with Gasteiger partial charge in [-0.25, -0.2) is 0 Å². The van der Waals surface area contributed by atoms with Crippen LogP contribution < -0.4 is 10.1 Å². The molecule has 2 aromatic rings. The number of hydrogen-bond donors (Lipinski definition) is 1. The molecule has 1 aliphatic rings. The molecule has 0 radical (unpaired) electrons. The molecule has 0 unspecified atom stereocenters. The van der Waals surface area contributed by atoms with E-state index in [1.54, 1.807) is 11.3 Å². The Kier molecular flexibility index (Phi) is 2.35. The largest absolute Gasteiger partial charge is 0.493 e. The molecule has 1 N–H and O–H groups in total. The monoisotopic (exact) mass is 219 g/mol. The van der Waals surface area contributed by atoms with E-state index in [-0.39, 0.29) is 0 Å². The fourth-order valence-electron chi connectivity index (χ4n) is 1.71. The van der Waals surface area contributed by atoms with Crippen LogP contribution in [0.4, 0.5) is 0 Å². The standard InChI is InChI=1S/C12H13NOS/c1-2-11(14-8-9-6-13-7-9)5-12-10(1)3-4-15-12/h1-5,9,13H,6-8H2. The van der Waals surface area contributed by atoms with Crippen LogP contribution in [0.1, 0.15) is 0 Å². The zero-order chi connectivity index (χ0) is 10.1. The zero-order valence-corrected chi connectivity index (χ0v) is 9.22. The Labute approximate surface area is 92.9 Å². The normalized spacial score (nSPS) is 16.5. The number of thiophene rings is 1. The summed E-state index contributed by atoms with van der Waals surface area (Å²) in [4.78, 5) is 0. The topological polar surface area (TPSA) is 21.3 Å². The Morgan fingerprint density at radius 2 is 2.27 bits per heavy atom. The molecule has 2 heterocycles. The first-order chi connectivity index (χ1) is 7.42. The van der Waals surface area contributed by atoms with Gasteiger partial charge in [0, 0.05) is 23.7 Å². The molecule has 1 aliphatic heterocycles.